The quantitative estimate of drug-likeness (QED) is 0.355. The van der Waals surface area contributed by atoms with E-state index < -0.39 is 4.92 Å². The van der Waals surface area contributed by atoms with Gasteiger partial charge in [0, 0.05) is 47.8 Å². The van der Waals surface area contributed by atoms with Gasteiger partial charge < -0.3 is 9.64 Å². The van der Waals surface area contributed by atoms with Gasteiger partial charge in [0.05, 0.1) is 23.3 Å². The summed E-state index contributed by atoms with van der Waals surface area (Å²) in [4.78, 5) is 17.4. The van der Waals surface area contributed by atoms with Gasteiger partial charge in [-0.1, -0.05) is 19.1 Å². The van der Waals surface area contributed by atoms with Crippen LogP contribution in [0, 0.1) is 10.1 Å². The Balaban J connectivity index is 2.05. The summed E-state index contributed by atoms with van der Waals surface area (Å²) in [6.45, 7) is 9.70. The molecule has 6 nitrogen and oxygen atoms in total. The van der Waals surface area contributed by atoms with Crippen LogP contribution in [0.15, 0.2) is 47.5 Å². The van der Waals surface area contributed by atoms with Crippen LogP contribution in [0.25, 0.3) is 5.57 Å². The molecule has 152 valence electrons. The Kier molecular flexibility index (Phi) is 5.73. The minimum Gasteiger partial charge on any atom is -0.496 e. The third-order valence-electron chi connectivity index (χ3n) is 5.17. The van der Waals surface area contributed by atoms with E-state index in [1.54, 1.807) is 25.5 Å². The van der Waals surface area contributed by atoms with Gasteiger partial charge in [-0.05, 0) is 44.9 Å². The number of anilines is 1. The van der Waals surface area contributed by atoms with Crippen molar-refractivity contribution in [1.29, 1.82) is 0 Å². The fourth-order valence-electron chi connectivity index (χ4n) is 3.86. The zero-order chi connectivity index (χ0) is 21.2. The number of non-ortho nitro benzene ring substituents is 1. The van der Waals surface area contributed by atoms with Crippen LogP contribution in [0.3, 0.4) is 0 Å². The molecular formula is C23H27N3O3. The van der Waals surface area contributed by atoms with Crippen LogP contribution >= 0.6 is 0 Å². The van der Waals surface area contributed by atoms with Gasteiger partial charge in [0.1, 0.15) is 5.75 Å². The van der Waals surface area contributed by atoms with E-state index in [9.17, 15) is 10.1 Å². The number of rotatable bonds is 6. The number of methoxy groups -OCH3 is 1. The van der Waals surface area contributed by atoms with E-state index >= 15 is 0 Å². The van der Waals surface area contributed by atoms with Crippen molar-refractivity contribution in [1.82, 2.24) is 0 Å². The fraction of sp³-hybridized carbons (Fsp3) is 0.348. The normalized spacial score (nSPS) is 15.2. The van der Waals surface area contributed by atoms with Crippen LogP contribution < -0.4 is 9.64 Å². The molecule has 1 aliphatic heterocycles. The molecule has 1 heterocycles. The summed E-state index contributed by atoms with van der Waals surface area (Å²) in [5, 5.41) is 11.0. The molecule has 0 N–H and O–H groups in total. The molecule has 0 fully saturated rings. The maximum Gasteiger partial charge on any atom is 0.271 e. The maximum absolute atomic E-state index is 11.0. The average Bonchev–Trinajstić information content (AvgIpc) is 2.68. The van der Waals surface area contributed by atoms with Gasteiger partial charge in [0.25, 0.3) is 5.69 Å². The topological polar surface area (TPSA) is 68.0 Å². The van der Waals surface area contributed by atoms with Gasteiger partial charge in [0.15, 0.2) is 0 Å². The monoisotopic (exact) mass is 393 g/mol. The standard InChI is InChI=1S/C23H27N3O3/c1-6-10-25-21-13-22(29-5)17(11-20(21)16(2)14-23(25,3)4)15-24-18-8-7-9-19(12-18)26(27)28/h7-9,11-15H,6,10H2,1-5H3. The highest BCUT2D eigenvalue weighted by molar-refractivity contribution is 5.92. The second kappa shape index (κ2) is 8.07. The van der Waals surface area contributed by atoms with Crippen molar-refractivity contribution >= 4 is 28.8 Å². The molecule has 0 aliphatic carbocycles. The first-order chi connectivity index (χ1) is 13.8. The van der Waals surface area contributed by atoms with Gasteiger partial charge in [0.2, 0.25) is 0 Å². The van der Waals surface area contributed by atoms with Crippen LogP contribution in [-0.2, 0) is 0 Å². The number of hydrogen-bond acceptors (Lipinski definition) is 5. The van der Waals surface area contributed by atoms with Crippen molar-refractivity contribution in [2.75, 3.05) is 18.6 Å². The van der Waals surface area contributed by atoms with Gasteiger partial charge in [-0.2, -0.15) is 0 Å². The maximum atomic E-state index is 11.0. The summed E-state index contributed by atoms with van der Waals surface area (Å²) in [6.07, 6.45) is 5.04. The second-order valence-corrected chi connectivity index (χ2v) is 7.78. The first kappa shape index (κ1) is 20.6. The SMILES string of the molecule is CCCN1c2cc(OC)c(C=Nc3cccc([N+](=O)[O-])c3)cc2C(C)=CC1(C)C. The van der Waals surface area contributed by atoms with Gasteiger partial charge in [-0.3, -0.25) is 15.1 Å². The number of nitrogens with zero attached hydrogens (tertiary/aromatic N) is 3. The Morgan fingerprint density at radius 2 is 2.03 bits per heavy atom. The molecule has 3 rings (SSSR count). The van der Waals surface area contributed by atoms with Gasteiger partial charge in [-0.25, -0.2) is 0 Å². The number of ether oxygens (including phenoxy) is 1. The summed E-state index contributed by atoms with van der Waals surface area (Å²) in [6, 6.07) is 10.4. The third-order valence-corrected chi connectivity index (χ3v) is 5.17. The highest BCUT2D eigenvalue weighted by Crippen LogP contribution is 2.42. The predicted molar refractivity (Wildman–Crippen MR) is 119 cm³/mol. The lowest BCUT2D eigenvalue weighted by Crippen LogP contribution is -2.45. The lowest BCUT2D eigenvalue weighted by molar-refractivity contribution is -0.384. The Hall–Kier alpha value is -3.15. The fourth-order valence-corrected chi connectivity index (χ4v) is 3.86. The van der Waals surface area contributed by atoms with Crippen molar-refractivity contribution in [3.05, 3.63) is 63.7 Å². The van der Waals surface area contributed by atoms with E-state index in [-0.39, 0.29) is 11.2 Å². The summed E-state index contributed by atoms with van der Waals surface area (Å²) in [5.41, 5.74) is 4.83. The molecule has 0 spiro atoms. The molecule has 0 bridgehead atoms. The van der Waals surface area contributed by atoms with E-state index in [1.165, 1.54) is 17.7 Å². The van der Waals surface area contributed by atoms with Crippen molar-refractivity contribution in [2.24, 2.45) is 4.99 Å². The van der Waals surface area contributed by atoms with Crippen molar-refractivity contribution in [3.63, 3.8) is 0 Å². The number of benzene rings is 2. The van der Waals surface area contributed by atoms with Crippen LogP contribution in [0.2, 0.25) is 0 Å². The molecule has 1 aliphatic rings. The number of aliphatic imine (C=N–C) groups is 1. The van der Waals surface area contributed by atoms with E-state index in [0.717, 1.165) is 35.5 Å². The lowest BCUT2D eigenvalue weighted by Gasteiger charge is -2.43. The molecular weight excluding hydrogens is 366 g/mol. The van der Waals surface area contributed by atoms with Gasteiger partial charge >= 0.3 is 0 Å². The van der Waals surface area contributed by atoms with Crippen LogP contribution in [-0.4, -0.2) is 30.3 Å². The molecule has 0 saturated carbocycles. The molecule has 0 unspecified atom stereocenters. The second-order valence-electron chi connectivity index (χ2n) is 7.78. The molecule has 0 atom stereocenters. The van der Waals surface area contributed by atoms with E-state index in [0.29, 0.717) is 5.69 Å². The predicted octanol–water partition coefficient (Wildman–Crippen LogP) is 5.77. The smallest absolute Gasteiger partial charge is 0.271 e. The molecule has 0 radical (unpaired) electrons. The molecule has 2 aromatic rings. The number of fused-ring (bicyclic) bond motifs is 1. The van der Waals surface area contributed by atoms with Crippen LogP contribution in [0.4, 0.5) is 17.1 Å². The lowest BCUT2D eigenvalue weighted by atomic mass is 9.87. The highest BCUT2D eigenvalue weighted by atomic mass is 16.6. The van der Waals surface area contributed by atoms with Gasteiger partial charge in [-0.15, -0.1) is 0 Å². The summed E-state index contributed by atoms with van der Waals surface area (Å²) in [7, 11) is 1.65. The molecule has 2 aromatic carbocycles. The third kappa shape index (κ3) is 4.16. The first-order valence-electron chi connectivity index (χ1n) is 9.75. The number of nitro groups is 1. The molecule has 6 heteroatoms. The van der Waals surface area contributed by atoms with Crippen molar-refractivity contribution in [3.8, 4) is 5.75 Å². The Morgan fingerprint density at radius 3 is 2.69 bits per heavy atom. The molecule has 29 heavy (non-hydrogen) atoms. The zero-order valence-corrected chi connectivity index (χ0v) is 17.6. The van der Waals surface area contributed by atoms with E-state index in [4.69, 9.17) is 4.74 Å². The van der Waals surface area contributed by atoms with Crippen LogP contribution in [0.1, 0.15) is 45.2 Å². The number of hydrogen-bond donors (Lipinski definition) is 0. The number of allylic oxidation sites excluding steroid dienone is 1. The first-order valence-corrected chi connectivity index (χ1v) is 9.75. The molecule has 0 saturated heterocycles. The summed E-state index contributed by atoms with van der Waals surface area (Å²) < 4.78 is 5.65. The largest absolute Gasteiger partial charge is 0.496 e. The zero-order valence-electron chi connectivity index (χ0n) is 17.6. The van der Waals surface area contributed by atoms with E-state index in [1.807, 2.05) is 0 Å². The highest BCUT2D eigenvalue weighted by Gasteiger charge is 2.31. The van der Waals surface area contributed by atoms with E-state index in [2.05, 4.69) is 55.8 Å². The Morgan fingerprint density at radius 1 is 1.28 bits per heavy atom. The van der Waals surface area contributed by atoms with Crippen molar-refractivity contribution < 1.29 is 9.66 Å². The number of nitro benzene ring substituents is 1. The minimum atomic E-state index is -0.420. The summed E-state index contributed by atoms with van der Waals surface area (Å²) >= 11 is 0. The average molecular weight is 393 g/mol. The van der Waals surface area contributed by atoms with Crippen molar-refractivity contribution in [2.45, 2.75) is 39.7 Å². The molecule has 0 aromatic heterocycles. The minimum absolute atomic E-state index is 0.0215. The Bertz CT molecular complexity index is 993. The summed E-state index contributed by atoms with van der Waals surface area (Å²) in [5.74, 6) is 0.726. The Labute approximate surface area is 171 Å². The van der Waals surface area contributed by atoms with Crippen LogP contribution in [0.5, 0.6) is 5.75 Å². The molecule has 0 amide bonds.